The molecule has 9 heteroatoms. The van der Waals surface area contributed by atoms with E-state index in [9.17, 15) is 9.59 Å². The fraction of sp³-hybridized carbons (Fsp3) is 0.364. The van der Waals surface area contributed by atoms with E-state index >= 15 is 0 Å². The monoisotopic (exact) mass is 439 g/mol. The average molecular weight is 440 g/mol. The van der Waals surface area contributed by atoms with Gasteiger partial charge in [-0.05, 0) is 55.5 Å². The number of carbonyl (C=O) groups excluding carboxylic acids is 2. The third-order valence-corrected chi connectivity index (χ3v) is 6.45. The van der Waals surface area contributed by atoms with Crippen LogP contribution in [0, 0.1) is 6.92 Å². The van der Waals surface area contributed by atoms with Gasteiger partial charge in [0.05, 0.1) is 34.7 Å². The molecule has 1 aromatic carbocycles. The second-order valence-corrected chi connectivity index (χ2v) is 8.77. The van der Waals surface area contributed by atoms with Gasteiger partial charge in [0.2, 0.25) is 0 Å². The first-order valence-corrected chi connectivity index (χ1v) is 11.0. The number of piperidine rings is 1. The molecule has 2 aromatic heterocycles. The number of aromatic nitrogens is 2. The average Bonchev–Trinajstić information content (AvgIpc) is 3.17. The van der Waals surface area contributed by atoms with Crippen LogP contribution < -0.4 is 11.1 Å². The van der Waals surface area contributed by atoms with Crippen LogP contribution in [0.5, 0.6) is 0 Å². The van der Waals surface area contributed by atoms with E-state index in [-0.39, 0.29) is 6.04 Å². The Labute approximate surface area is 184 Å². The number of pyridine rings is 1. The molecule has 4 rings (SSSR count). The minimum Gasteiger partial charge on any atom is -0.383 e. The van der Waals surface area contributed by atoms with Crippen LogP contribution in [0.1, 0.15) is 41.4 Å². The number of amides is 2. The molecule has 3 aromatic rings. The van der Waals surface area contributed by atoms with E-state index in [1.807, 2.05) is 18.2 Å². The van der Waals surface area contributed by atoms with Crippen LogP contribution in [0.3, 0.4) is 0 Å². The molecule has 0 spiro atoms. The van der Waals surface area contributed by atoms with Crippen molar-refractivity contribution >= 4 is 44.9 Å². The van der Waals surface area contributed by atoms with Gasteiger partial charge < -0.3 is 20.7 Å². The van der Waals surface area contributed by atoms with Crippen LogP contribution in [0.15, 0.2) is 30.5 Å². The van der Waals surface area contributed by atoms with Crippen molar-refractivity contribution < 1.29 is 14.3 Å². The molecule has 8 nitrogen and oxygen atoms in total. The molecule has 1 atom stereocenters. The summed E-state index contributed by atoms with van der Waals surface area (Å²) in [7, 11) is 1.65. The number of aryl methyl sites for hydroxylation is 1. The molecule has 0 aliphatic carbocycles. The molecule has 31 heavy (non-hydrogen) atoms. The predicted molar refractivity (Wildman–Crippen MR) is 121 cm³/mol. The maximum Gasteiger partial charge on any atom is 0.313 e. The van der Waals surface area contributed by atoms with E-state index in [0.29, 0.717) is 24.7 Å². The quantitative estimate of drug-likeness (QED) is 0.603. The zero-order valence-electron chi connectivity index (χ0n) is 17.6. The minimum atomic E-state index is -0.671. The van der Waals surface area contributed by atoms with Crippen molar-refractivity contribution in [2.45, 2.75) is 38.8 Å². The summed E-state index contributed by atoms with van der Waals surface area (Å²) in [5, 5.41) is 3.57. The Balaban J connectivity index is 1.54. The van der Waals surface area contributed by atoms with Crippen LogP contribution >= 0.6 is 11.3 Å². The number of rotatable bonds is 4. The number of anilines is 2. The fourth-order valence-electron chi connectivity index (χ4n) is 3.87. The summed E-state index contributed by atoms with van der Waals surface area (Å²) in [6, 6.07) is 7.62. The van der Waals surface area contributed by atoms with E-state index < -0.39 is 11.8 Å². The van der Waals surface area contributed by atoms with Gasteiger partial charge in [0.15, 0.2) is 0 Å². The van der Waals surface area contributed by atoms with E-state index in [4.69, 9.17) is 10.5 Å². The molecule has 1 aliphatic heterocycles. The minimum absolute atomic E-state index is 0.157. The van der Waals surface area contributed by atoms with Gasteiger partial charge in [-0.15, -0.1) is 11.3 Å². The molecule has 1 saturated heterocycles. The highest BCUT2D eigenvalue weighted by atomic mass is 32.1. The second kappa shape index (κ2) is 8.99. The van der Waals surface area contributed by atoms with Crippen LogP contribution in [-0.2, 0) is 20.9 Å². The molecule has 0 bridgehead atoms. The molecule has 0 unspecified atom stereocenters. The van der Waals surface area contributed by atoms with Crippen LogP contribution in [-0.4, -0.2) is 40.3 Å². The molecule has 3 heterocycles. The number of hydrogen-bond donors (Lipinski definition) is 2. The van der Waals surface area contributed by atoms with Gasteiger partial charge in [0.1, 0.15) is 10.8 Å². The summed E-state index contributed by atoms with van der Waals surface area (Å²) in [5.41, 5.74) is 8.80. The number of nitrogens with zero attached hydrogens (tertiary/aromatic N) is 3. The first-order valence-electron chi connectivity index (χ1n) is 10.2. The molecule has 1 aliphatic rings. The third-order valence-electron chi connectivity index (χ3n) is 5.44. The number of carbonyl (C=O) groups is 2. The largest absolute Gasteiger partial charge is 0.383 e. The number of likely N-dealkylation sites (tertiary alicyclic amines) is 1. The molecule has 3 N–H and O–H groups in total. The van der Waals surface area contributed by atoms with E-state index in [1.54, 1.807) is 36.3 Å². The number of hydrogen-bond acceptors (Lipinski definition) is 7. The highest BCUT2D eigenvalue weighted by Gasteiger charge is 2.32. The first kappa shape index (κ1) is 21.2. The lowest BCUT2D eigenvalue weighted by atomic mass is 9.95. The summed E-state index contributed by atoms with van der Waals surface area (Å²) in [6.45, 7) is 2.81. The predicted octanol–water partition coefficient (Wildman–Crippen LogP) is 3.42. The summed E-state index contributed by atoms with van der Waals surface area (Å²) >= 11 is 1.60. The summed E-state index contributed by atoms with van der Waals surface area (Å²) in [6.07, 6.45) is 4.13. The number of benzene rings is 1. The Morgan fingerprint density at radius 1 is 1.32 bits per heavy atom. The van der Waals surface area contributed by atoms with Crippen molar-refractivity contribution in [2.24, 2.45) is 0 Å². The van der Waals surface area contributed by atoms with Crippen molar-refractivity contribution in [1.29, 1.82) is 0 Å². The number of methoxy groups -OCH3 is 1. The summed E-state index contributed by atoms with van der Waals surface area (Å²) in [5.74, 6) is -0.820. The number of nitrogens with one attached hydrogen (secondary N) is 1. The normalized spacial score (nSPS) is 16.5. The topological polar surface area (TPSA) is 110 Å². The lowest BCUT2D eigenvalue weighted by Gasteiger charge is -2.35. The first-order chi connectivity index (χ1) is 15.0. The van der Waals surface area contributed by atoms with Gasteiger partial charge in [-0.2, -0.15) is 0 Å². The van der Waals surface area contributed by atoms with E-state index in [0.717, 1.165) is 45.6 Å². The maximum atomic E-state index is 13.0. The molecular formula is C22H25N5O3S. The number of nitrogen functional groups attached to an aromatic ring is 1. The van der Waals surface area contributed by atoms with Crippen molar-refractivity contribution in [1.82, 2.24) is 14.9 Å². The Hall–Kier alpha value is -3.04. The standard InChI is InChI=1S/C22H25N5O3S/c1-13-9-15(11-24-20(13)23)25-21(28)22(29)27-8-4-3-5-17(27)14-6-7-18-16(10-14)26-19(31-18)12-30-2/h6-7,9-11,17H,3-5,8,12H2,1-2H3,(H2,23,24)(H,25,28)/t17-/m0/s1. The Kier molecular flexibility index (Phi) is 6.15. The van der Waals surface area contributed by atoms with Gasteiger partial charge in [-0.1, -0.05) is 6.07 Å². The Morgan fingerprint density at radius 2 is 2.16 bits per heavy atom. The SMILES string of the molecule is COCc1nc2cc([C@@H]3CCCCN3C(=O)C(=O)Nc3cnc(N)c(C)c3)ccc2s1. The van der Waals surface area contributed by atoms with Gasteiger partial charge >= 0.3 is 11.8 Å². The zero-order valence-corrected chi connectivity index (χ0v) is 18.4. The molecule has 2 amide bonds. The maximum absolute atomic E-state index is 13.0. The third kappa shape index (κ3) is 4.52. The van der Waals surface area contributed by atoms with E-state index in [2.05, 4.69) is 15.3 Å². The van der Waals surface area contributed by atoms with Crippen LogP contribution in [0.25, 0.3) is 10.2 Å². The van der Waals surface area contributed by atoms with Crippen molar-refractivity contribution in [3.63, 3.8) is 0 Å². The van der Waals surface area contributed by atoms with Gasteiger partial charge in [0, 0.05) is 13.7 Å². The van der Waals surface area contributed by atoms with Gasteiger partial charge in [-0.25, -0.2) is 9.97 Å². The Bertz CT molecular complexity index is 1130. The van der Waals surface area contributed by atoms with Crippen molar-refractivity contribution in [3.05, 3.63) is 46.6 Å². The fourth-order valence-corrected chi connectivity index (χ4v) is 4.79. The Morgan fingerprint density at radius 3 is 2.94 bits per heavy atom. The van der Waals surface area contributed by atoms with E-state index in [1.165, 1.54) is 6.20 Å². The number of thiazole rings is 1. The van der Waals surface area contributed by atoms with Gasteiger partial charge in [0.25, 0.3) is 0 Å². The molecular weight excluding hydrogens is 414 g/mol. The number of nitrogens with two attached hydrogens (primary N) is 1. The second-order valence-electron chi connectivity index (χ2n) is 7.66. The molecule has 162 valence electrons. The van der Waals surface area contributed by atoms with Crippen LogP contribution in [0.4, 0.5) is 11.5 Å². The number of fused-ring (bicyclic) bond motifs is 1. The lowest BCUT2D eigenvalue weighted by molar-refractivity contribution is -0.145. The zero-order chi connectivity index (χ0) is 22.0. The van der Waals surface area contributed by atoms with Crippen LogP contribution in [0.2, 0.25) is 0 Å². The number of ether oxygens (including phenoxy) is 1. The highest BCUT2D eigenvalue weighted by Crippen LogP contribution is 2.34. The molecule has 0 radical (unpaired) electrons. The lowest BCUT2D eigenvalue weighted by Crippen LogP contribution is -2.44. The highest BCUT2D eigenvalue weighted by molar-refractivity contribution is 7.18. The van der Waals surface area contributed by atoms with Gasteiger partial charge in [-0.3, -0.25) is 9.59 Å². The molecule has 0 saturated carbocycles. The van der Waals surface area contributed by atoms with Crippen molar-refractivity contribution in [2.75, 3.05) is 24.7 Å². The smallest absolute Gasteiger partial charge is 0.313 e. The molecule has 1 fully saturated rings. The van der Waals surface area contributed by atoms with Crippen molar-refractivity contribution in [3.8, 4) is 0 Å². The summed E-state index contributed by atoms with van der Waals surface area (Å²) in [4.78, 5) is 36.0. The summed E-state index contributed by atoms with van der Waals surface area (Å²) < 4.78 is 6.26.